The third kappa shape index (κ3) is 46.3. The summed E-state index contributed by atoms with van der Waals surface area (Å²) in [6, 6.07) is 0. The molecule has 0 heterocycles. The zero-order valence-electron chi connectivity index (χ0n) is 13.4. The summed E-state index contributed by atoms with van der Waals surface area (Å²) in [5.41, 5.74) is 0. The molecule has 0 amide bonds. The van der Waals surface area contributed by atoms with E-state index in [0.717, 1.165) is 26.2 Å². The molecule has 0 spiro atoms. The SMILES string of the molecule is CC(C)OCCO.CCCOCCO.CCOCC. The minimum absolute atomic E-state index is 0.123. The molecule has 2 N–H and O–H groups in total. The lowest BCUT2D eigenvalue weighted by Gasteiger charge is -2.02. The number of aliphatic hydroxyl groups is 2. The van der Waals surface area contributed by atoms with E-state index in [4.69, 9.17) is 24.4 Å². The van der Waals surface area contributed by atoms with E-state index < -0.39 is 0 Å². The Morgan fingerprint density at radius 3 is 1.53 bits per heavy atom. The molecule has 0 aliphatic heterocycles. The van der Waals surface area contributed by atoms with E-state index in [1.807, 2.05) is 34.6 Å². The molecule has 5 heteroatoms. The monoisotopic (exact) mass is 282 g/mol. The number of ether oxygens (including phenoxy) is 3. The average molecular weight is 282 g/mol. The third-order valence-corrected chi connectivity index (χ3v) is 1.53. The molecule has 0 radical (unpaired) electrons. The zero-order valence-corrected chi connectivity index (χ0v) is 13.4. The van der Waals surface area contributed by atoms with Crippen LogP contribution in [0.3, 0.4) is 0 Å². The van der Waals surface area contributed by atoms with Gasteiger partial charge in [0.25, 0.3) is 0 Å². The molecular formula is C14H34O5. The van der Waals surface area contributed by atoms with Gasteiger partial charge in [0.15, 0.2) is 0 Å². The van der Waals surface area contributed by atoms with E-state index in [9.17, 15) is 0 Å². The predicted octanol–water partition coefficient (Wildman–Crippen LogP) is 1.85. The van der Waals surface area contributed by atoms with Gasteiger partial charge in [-0.3, -0.25) is 0 Å². The predicted molar refractivity (Wildman–Crippen MR) is 78.5 cm³/mol. The van der Waals surface area contributed by atoms with Gasteiger partial charge in [0.2, 0.25) is 0 Å². The maximum Gasteiger partial charge on any atom is 0.0701 e. The standard InChI is InChI=1S/2C5H12O2.C4H10O/c1-5(2)7-4-3-6;1-2-4-7-5-3-6;1-3-5-4-2/h5-6H,3-4H2,1-2H3;6H,2-5H2,1H3;3-4H2,1-2H3. The summed E-state index contributed by atoms with van der Waals surface area (Å²) in [5.74, 6) is 0. The molecule has 0 saturated carbocycles. The quantitative estimate of drug-likeness (QED) is 0.632. The number of rotatable bonds is 9. The summed E-state index contributed by atoms with van der Waals surface area (Å²) in [4.78, 5) is 0. The van der Waals surface area contributed by atoms with E-state index in [1.165, 1.54) is 0 Å². The lowest BCUT2D eigenvalue weighted by Crippen LogP contribution is -2.06. The third-order valence-electron chi connectivity index (χ3n) is 1.53. The molecule has 0 aromatic carbocycles. The molecule has 19 heavy (non-hydrogen) atoms. The molecule has 0 rings (SSSR count). The number of aliphatic hydroxyl groups excluding tert-OH is 2. The van der Waals surface area contributed by atoms with Crippen LogP contribution in [0, 0.1) is 0 Å². The van der Waals surface area contributed by atoms with Crippen molar-refractivity contribution in [2.75, 3.05) is 46.2 Å². The van der Waals surface area contributed by atoms with Crippen molar-refractivity contribution >= 4 is 0 Å². The highest BCUT2D eigenvalue weighted by Gasteiger charge is 1.87. The van der Waals surface area contributed by atoms with E-state index in [2.05, 4.69) is 0 Å². The molecule has 0 unspecified atom stereocenters. The van der Waals surface area contributed by atoms with Crippen LogP contribution < -0.4 is 0 Å². The lowest BCUT2D eigenvalue weighted by atomic mass is 10.5. The van der Waals surface area contributed by atoms with Gasteiger partial charge in [0.05, 0.1) is 32.5 Å². The van der Waals surface area contributed by atoms with Crippen LogP contribution in [0.5, 0.6) is 0 Å². The summed E-state index contributed by atoms with van der Waals surface area (Å²) in [5, 5.41) is 16.4. The molecular weight excluding hydrogens is 248 g/mol. The first-order chi connectivity index (χ1) is 9.10. The minimum Gasteiger partial charge on any atom is -0.394 e. The first kappa shape index (κ1) is 23.9. The zero-order chi connectivity index (χ0) is 15.4. The van der Waals surface area contributed by atoms with Crippen LogP contribution in [0.4, 0.5) is 0 Å². The second-order valence-electron chi connectivity index (χ2n) is 3.76. The summed E-state index contributed by atoms with van der Waals surface area (Å²) >= 11 is 0. The second kappa shape index (κ2) is 26.4. The van der Waals surface area contributed by atoms with Gasteiger partial charge >= 0.3 is 0 Å². The Hall–Kier alpha value is -0.200. The van der Waals surface area contributed by atoms with E-state index >= 15 is 0 Å². The molecule has 0 fully saturated rings. The van der Waals surface area contributed by atoms with Gasteiger partial charge in [-0.25, -0.2) is 0 Å². The van der Waals surface area contributed by atoms with Gasteiger partial charge in [-0.15, -0.1) is 0 Å². The Morgan fingerprint density at radius 1 is 0.789 bits per heavy atom. The van der Waals surface area contributed by atoms with Gasteiger partial charge in [0, 0.05) is 19.8 Å². The van der Waals surface area contributed by atoms with Gasteiger partial charge in [-0.2, -0.15) is 0 Å². The van der Waals surface area contributed by atoms with Crippen LogP contribution in [0.2, 0.25) is 0 Å². The van der Waals surface area contributed by atoms with Crippen molar-refractivity contribution in [2.24, 2.45) is 0 Å². The summed E-state index contributed by atoms with van der Waals surface area (Å²) in [6.45, 7) is 13.5. The Bertz CT molecular complexity index is 114. The fourth-order valence-electron chi connectivity index (χ4n) is 0.803. The van der Waals surface area contributed by atoms with Gasteiger partial charge in [0.1, 0.15) is 0 Å². The van der Waals surface area contributed by atoms with Crippen LogP contribution in [-0.4, -0.2) is 62.6 Å². The molecule has 0 saturated heterocycles. The summed E-state index contributed by atoms with van der Waals surface area (Å²) in [7, 11) is 0. The van der Waals surface area contributed by atoms with Crippen molar-refractivity contribution in [1.29, 1.82) is 0 Å². The topological polar surface area (TPSA) is 68.2 Å². The number of hydrogen-bond donors (Lipinski definition) is 2. The summed E-state index contributed by atoms with van der Waals surface area (Å²) in [6.07, 6.45) is 1.27. The Balaban J connectivity index is -0.000000206. The maximum absolute atomic E-state index is 8.19. The van der Waals surface area contributed by atoms with Gasteiger partial charge < -0.3 is 24.4 Å². The van der Waals surface area contributed by atoms with E-state index in [1.54, 1.807) is 0 Å². The smallest absolute Gasteiger partial charge is 0.0701 e. The Labute approximate surface area is 118 Å². The van der Waals surface area contributed by atoms with Gasteiger partial charge in [-0.1, -0.05) is 6.92 Å². The molecule has 0 aromatic heterocycles. The highest BCUT2D eigenvalue weighted by atomic mass is 16.5. The van der Waals surface area contributed by atoms with Crippen molar-refractivity contribution in [3.05, 3.63) is 0 Å². The van der Waals surface area contributed by atoms with E-state index in [0.29, 0.717) is 13.2 Å². The Morgan fingerprint density at radius 2 is 1.32 bits per heavy atom. The highest BCUT2D eigenvalue weighted by molar-refractivity contribution is 4.33. The fraction of sp³-hybridized carbons (Fsp3) is 1.00. The fourth-order valence-corrected chi connectivity index (χ4v) is 0.803. The molecule has 120 valence electrons. The van der Waals surface area contributed by atoms with Crippen molar-refractivity contribution in [3.8, 4) is 0 Å². The average Bonchev–Trinajstić information content (AvgIpc) is 2.39. The van der Waals surface area contributed by atoms with Crippen molar-refractivity contribution in [3.63, 3.8) is 0 Å². The van der Waals surface area contributed by atoms with Crippen LogP contribution in [0.1, 0.15) is 41.0 Å². The summed E-state index contributed by atoms with van der Waals surface area (Å²) < 4.78 is 14.7. The maximum atomic E-state index is 8.19. The molecule has 5 nitrogen and oxygen atoms in total. The van der Waals surface area contributed by atoms with Crippen LogP contribution in [-0.2, 0) is 14.2 Å². The normalized spacial score (nSPS) is 9.47. The van der Waals surface area contributed by atoms with E-state index in [-0.39, 0.29) is 19.3 Å². The van der Waals surface area contributed by atoms with Gasteiger partial charge in [-0.05, 0) is 34.1 Å². The number of hydrogen-bond acceptors (Lipinski definition) is 5. The highest BCUT2D eigenvalue weighted by Crippen LogP contribution is 1.83. The second-order valence-corrected chi connectivity index (χ2v) is 3.76. The minimum atomic E-state index is 0.123. The largest absolute Gasteiger partial charge is 0.394 e. The van der Waals surface area contributed by atoms with Crippen LogP contribution >= 0.6 is 0 Å². The molecule has 0 atom stereocenters. The van der Waals surface area contributed by atoms with Crippen molar-refractivity contribution < 1.29 is 24.4 Å². The van der Waals surface area contributed by atoms with Crippen LogP contribution in [0.25, 0.3) is 0 Å². The van der Waals surface area contributed by atoms with Crippen molar-refractivity contribution in [2.45, 2.75) is 47.1 Å². The first-order valence-electron chi connectivity index (χ1n) is 7.09. The molecule has 0 bridgehead atoms. The lowest BCUT2D eigenvalue weighted by molar-refractivity contribution is 0.0494. The van der Waals surface area contributed by atoms with Crippen LogP contribution in [0.15, 0.2) is 0 Å². The van der Waals surface area contributed by atoms with Crippen molar-refractivity contribution in [1.82, 2.24) is 0 Å². The Kier molecular flexibility index (Phi) is 33.1. The molecule has 0 aliphatic rings. The molecule has 0 aromatic rings. The first-order valence-corrected chi connectivity index (χ1v) is 7.09. The molecule has 0 aliphatic carbocycles.